The highest BCUT2D eigenvalue weighted by Gasteiger charge is 2.36. The first-order chi connectivity index (χ1) is 23.9. The number of pyridine rings is 1. The summed E-state index contributed by atoms with van der Waals surface area (Å²) in [5.41, 5.74) is 9.50. The van der Waals surface area contributed by atoms with Gasteiger partial charge in [-0.2, -0.15) is 0 Å². The zero-order chi connectivity index (χ0) is 40.6. The maximum Gasteiger partial charge on any atom is 0.312 e. The number of nitrogens with two attached hydrogens (primary N) is 2. The van der Waals surface area contributed by atoms with Crippen molar-refractivity contribution in [2.24, 2.45) is 28.7 Å². The fourth-order valence-corrected chi connectivity index (χ4v) is 4.36. The molecule has 0 bridgehead atoms. The Kier molecular flexibility index (Phi) is 35.5. The number of likely N-dealkylation sites (tertiary alicyclic amines) is 1. The topological polar surface area (TPSA) is 187 Å². The van der Waals surface area contributed by atoms with E-state index in [-0.39, 0.29) is 41.5 Å². The number of hydrogen-bond donors (Lipinski definition) is 4. The predicted molar refractivity (Wildman–Crippen MR) is 211 cm³/mol. The third-order valence-corrected chi connectivity index (χ3v) is 6.89. The Morgan fingerprint density at radius 3 is 1.88 bits per heavy atom. The van der Waals surface area contributed by atoms with Gasteiger partial charge in [0, 0.05) is 25.4 Å². The molecule has 0 radical (unpaired) electrons. The summed E-state index contributed by atoms with van der Waals surface area (Å²) in [5, 5.41) is 5.06. The highest BCUT2D eigenvalue weighted by molar-refractivity contribution is 5.93. The third kappa shape index (κ3) is 30.8. The van der Waals surface area contributed by atoms with Crippen molar-refractivity contribution in [2.75, 3.05) is 13.1 Å². The maximum absolute atomic E-state index is 12.5. The molecule has 2 heterocycles. The van der Waals surface area contributed by atoms with Crippen molar-refractivity contribution < 1.29 is 24.0 Å². The maximum atomic E-state index is 12.5. The number of aryl methyl sites for hydroxylation is 1. The lowest BCUT2D eigenvalue weighted by molar-refractivity contribution is -0.138. The van der Waals surface area contributed by atoms with Crippen LogP contribution in [0.25, 0.3) is 0 Å². The molecule has 2 fully saturated rings. The summed E-state index contributed by atoms with van der Waals surface area (Å²) in [6.45, 7) is 27.8. The van der Waals surface area contributed by atoms with Crippen molar-refractivity contribution in [1.82, 2.24) is 20.1 Å². The Labute approximate surface area is 310 Å². The smallest absolute Gasteiger partial charge is 0.312 e. The molecule has 1 aromatic rings. The second kappa shape index (κ2) is 33.4. The first-order valence-corrected chi connectivity index (χ1v) is 18.9. The van der Waals surface area contributed by atoms with Crippen molar-refractivity contribution in [1.29, 1.82) is 0 Å². The first-order valence-electron chi connectivity index (χ1n) is 18.9. The molecule has 2 atom stereocenters. The molecule has 5 amide bonds. The van der Waals surface area contributed by atoms with E-state index in [2.05, 4.69) is 71.8 Å². The van der Waals surface area contributed by atoms with Crippen LogP contribution in [0.1, 0.15) is 141 Å². The Hall–Kier alpha value is -3.70. The van der Waals surface area contributed by atoms with Crippen molar-refractivity contribution in [3.05, 3.63) is 34.7 Å². The number of amides is 5. The highest BCUT2D eigenvalue weighted by Crippen LogP contribution is 2.30. The number of primary amides is 2. The SMILES string of the molecule is CC.CC.CC(=O)C(CC1CCC1)NC(=O)C1CCCN1C(=O)CNC(N)=O.CC(C)(C)CCn1ccccc1=O.CC(C)C.CCC.NC=O. The molecule has 0 aromatic carbocycles. The van der Waals surface area contributed by atoms with E-state index in [9.17, 15) is 24.0 Å². The number of nitrogens with one attached hydrogen (secondary N) is 2. The third-order valence-electron chi connectivity index (χ3n) is 6.89. The molecular weight excluding hydrogens is 648 g/mol. The summed E-state index contributed by atoms with van der Waals surface area (Å²) in [5.74, 6) is 0.645. The lowest BCUT2D eigenvalue weighted by Crippen LogP contribution is -2.52. The van der Waals surface area contributed by atoms with Gasteiger partial charge in [0.2, 0.25) is 23.8 Å². The van der Waals surface area contributed by atoms with Crippen molar-refractivity contribution in [3.8, 4) is 0 Å². The minimum Gasteiger partial charge on any atom is -0.372 e. The highest BCUT2D eigenvalue weighted by atomic mass is 16.2. The van der Waals surface area contributed by atoms with Gasteiger partial charge in [-0.25, -0.2) is 4.79 Å². The van der Waals surface area contributed by atoms with Crippen molar-refractivity contribution in [2.45, 2.75) is 160 Å². The molecule has 1 aliphatic heterocycles. The standard InChI is InChI=1S/C16H26N4O4.C11H17NO.C4H10.C3H8.2C2H6.CH3NO/c1-10(21)12(8-11-4-2-5-11)19-15(23)13-6-3-7-20(13)14(22)9-18-16(17)24;1-11(2,3)7-9-12-8-5-4-6-10(12)13;1-4(2)3;1-3-2;2*1-2;2-1-3/h11-13H,2-9H2,1H3,(H,19,23)(H3,17,18,24);4-6,8H,7,9H2,1-3H3;4H,1-3H3;3H2,1-2H3;2*1-2H3;1H,(H2,2,3). The molecule has 1 saturated heterocycles. The van der Waals surface area contributed by atoms with Gasteiger partial charge in [-0.05, 0) is 55.9 Å². The van der Waals surface area contributed by atoms with Crippen LogP contribution in [0.3, 0.4) is 0 Å². The van der Waals surface area contributed by atoms with Gasteiger partial charge in [-0.3, -0.25) is 24.0 Å². The van der Waals surface area contributed by atoms with Gasteiger partial charge in [0.05, 0.1) is 12.6 Å². The van der Waals surface area contributed by atoms with Gasteiger partial charge in [0.15, 0.2) is 5.78 Å². The summed E-state index contributed by atoms with van der Waals surface area (Å²) in [6, 6.07) is 3.42. The van der Waals surface area contributed by atoms with Gasteiger partial charge >= 0.3 is 6.03 Å². The molecule has 1 aliphatic carbocycles. The van der Waals surface area contributed by atoms with Crippen molar-refractivity contribution in [3.63, 3.8) is 0 Å². The fraction of sp³-hybridized carbons (Fsp3) is 0.744. The summed E-state index contributed by atoms with van der Waals surface area (Å²) in [7, 11) is 0. The second-order valence-corrected chi connectivity index (χ2v) is 13.8. The number of ketones is 1. The molecule has 2 aliphatic rings. The molecule has 298 valence electrons. The second-order valence-electron chi connectivity index (χ2n) is 13.8. The Morgan fingerprint density at radius 1 is 0.980 bits per heavy atom. The van der Waals surface area contributed by atoms with E-state index in [4.69, 9.17) is 10.5 Å². The average Bonchev–Trinajstić information content (AvgIpc) is 3.53. The molecule has 2 unspecified atom stereocenters. The normalized spacial score (nSPS) is 14.7. The van der Waals surface area contributed by atoms with E-state index in [0.717, 1.165) is 31.7 Å². The van der Waals surface area contributed by atoms with E-state index < -0.39 is 18.1 Å². The van der Waals surface area contributed by atoms with Gasteiger partial charge in [0.25, 0.3) is 0 Å². The van der Waals surface area contributed by atoms with Crippen LogP contribution in [0.2, 0.25) is 0 Å². The molecule has 3 rings (SSSR count). The van der Waals surface area contributed by atoms with E-state index in [0.29, 0.717) is 31.7 Å². The Balaban J connectivity index is -0.000000342. The molecule has 6 N–H and O–H groups in total. The number of aromatic nitrogens is 1. The van der Waals surface area contributed by atoms with E-state index in [1.807, 2.05) is 40.0 Å². The first kappa shape index (κ1) is 54.1. The zero-order valence-corrected chi connectivity index (χ0v) is 34.5. The molecule has 1 aromatic heterocycles. The number of hydrogen-bond acceptors (Lipinski definition) is 6. The predicted octanol–water partition coefficient (Wildman–Crippen LogP) is 6.43. The fourth-order valence-electron chi connectivity index (χ4n) is 4.36. The van der Waals surface area contributed by atoms with Crippen LogP contribution in [0.15, 0.2) is 29.2 Å². The number of rotatable bonds is 9. The molecule has 51 heavy (non-hydrogen) atoms. The van der Waals surface area contributed by atoms with Crippen LogP contribution in [0.5, 0.6) is 0 Å². The largest absolute Gasteiger partial charge is 0.372 e. The number of carbonyl (C=O) groups excluding carboxylic acids is 5. The van der Waals surface area contributed by atoms with E-state index in [1.54, 1.807) is 16.7 Å². The Bertz CT molecular complexity index is 1110. The molecule has 12 heteroatoms. The van der Waals surface area contributed by atoms with E-state index >= 15 is 0 Å². The molecule has 1 saturated carbocycles. The number of nitrogens with zero attached hydrogens (tertiary/aromatic N) is 2. The lowest BCUT2D eigenvalue weighted by Gasteiger charge is -2.30. The van der Waals surface area contributed by atoms with E-state index in [1.165, 1.54) is 24.7 Å². The van der Waals surface area contributed by atoms with Gasteiger partial charge in [-0.1, -0.05) is 115 Å². The van der Waals surface area contributed by atoms with Crippen LogP contribution >= 0.6 is 0 Å². The van der Waals surface area contributed by atoms with Gasteiger partial charge < -0.3 is 31.6 Å². The minimum absolute atomic E-state index is 0.0541. The van der Waals surface area contributed by atoms with Crippen LogP contribution < -0.4 is 27.7 Å². The average molecular weight is 725 g/mol. The monoisotopic (exact) mass is 725 g/mol. The summed E-state index contributed by atoms with van der Waals surface area (Å²) in [4.78, 5) is 68.5. The van der Waals surface area contributed by atoms with Crippen LogP contribution in [-0.4, -0.2) is 64.7 Å². The minimum atomic E-state index is -0.777. The Morgan fingerprint density at radius 2 is 1.49 bits per heavy atom. The van der Waals surface area contributed by atoms with Crippen LogP contribution in [0.4, 0.5) is 4.79 Å². The van der Waals surface area contributed by atoms with Crippen LogP contribution in [-0.2, 0) is 25.7 Å². The summed E-state index contributed by atoms with van der Waals surface area (Å²) < 4.78 is 1.76. The molecule has 12 nitrogen and oxygen atoms in total. The number of Topliss-reactive ketones (excluding diaryl/α,β-unsaturated/α-hetero) is 1. The quantitative estimate of drug-likeness (QED) is 0.213. The van der Waals surface area contributed by atoms with Crippen molar-refractivity contribution >= 4 is 30.0 Å². The van der Waals surface area contributed by atoms with Crippen LogP contribution in [0, 0.1) is 17.3 Å². The lowest BCUT2D eigenvalue weighted by atomic mass is 9.80. The summed E-state index contributed by atoms with van der Waals surface area (Å²) in [6.07, 6.45) is 9.70. The number of urea groups is 1. The van der Waals surface area contributed by atoms with Gasteiger partial charge in [-0.15, -0.1) is 0 Å². The molecular formula is C39H76N6O6. The zero-order valence-electron chi connectivity index (χ0n) is 34.5. The number of carbonyl (C=O) groups is 5. The summed E-state index contributed by atoms with van der Waals surface area (Å²) >= 11 is 0. The molecule has 0 spiro atoms. The van der Waals surface area contributed by atoms with Gasteiger partial charge in [0.1, 0.15) is 6.04 Å².